The Bertz CT molecular complexity index is 2510. The number of para-hydroxylation sites is 3. The van der Waals surface area contributed by atoms with E-state index in [0.29, 0.717) is 5.92 Å². The standard InChI is InChI=1S/C42H28N2O/c1-2-11-29(12-3-1)43-35-16-7-4-13-30(35)33-25-27(21-23-37(33)43)28-22-24-38-34(26-28)31-14-5-8-17-36(31)44(38)39-18-10-20-41-42(39)32-15-6-9-19-40(32)45-41/h1-26,30,35H. The molecule has 45 heavy (non-hydrogen) atoms. The molecule has 212 valence electrons. The van der Waals surface area contributed by atoms with E-state index in [1.807, 2.05) is 6.07 Å². The van der Waals surface area contributed by atoms with Gasteiger partial charge in [-0.1, -0.05) is 97.1 Å². The fourth-order valence-corrected chi connectivity index (χ4v) is 7.76. The molecule has 0 bridgehead atoms. The third-order valence-electron chi connectivity index (χ3n) is 9.71. The van der Waals surface area contributed by atoms with Gasteiger partial charge in [-0.2, -0.15) is 0 Å². The maximum Gasteiger partial charge on any atom is 0.137 e. The van der Waals surface area contributed by atoms with Crippen molar-refractivity contribution in [2.75, 3.05) is 4.90 Å². The molecule has 1 aliphatic carbocycles. The van der Waals surface area contributed by atoms with E-state index in [-0.39, 0.29) is 6.04 Å². The predicted molar refractivity (Wildman–Crippen MR) is 187 cm³/mol. The molecular weight excluding hydrogens is 548 g/mol. The van der Waals surface area contributed by atoms with Crippen LogP contribution in [0.5, 0.6) is 0 Å². The fraction of sp³-hybridized carbons (Fsp3) is 0.0476. The van der Waals surface area contributed by atoms with Gasteiger partial charge in [0.1, 0.15) is 11.2 Å². The summed E-state index contributed by atoms with van der Waals surface area (Å²) >= 11 is 0. The Morgan fingerprint density at radius 3 is 2.18 bits per heavy atom. The molecule has 10 rings (SSSR count). The highest BCUT2D eigenvalue weighted by Gasteiger charge is 2.37. The molecular formula is C42H28N2O. The van der Waals surface area contributed by atoms with Gasteiger partial charge in [0, 0.05) is 33.5 Å². The van der Waals surface area contributed by atoms with E-state index in [4.69, 9.17) is 4.42 Å². The van der Waals surface area contributed by atoms with Crippen LogP contribution in [0.1, 0.15) is 11.5 Å². The molecule has 0 spiro atoms. The second-order valence-electron chi connectivity index (χ2n) is 12.1. The number of benzene rings is 6. The van der Waals surface area contributed by atoms with Gasteiger partial charge in [0.05, 0.1) is 28.1 Å². The lowest BCUT2D eigenvalue weighted by molar-refractivity contribution is 0.669. The molecule has 2 aliphatic rings. The zero-order valence-electron chi connectivity index (χ0n) is 24.5. The second-order valence-corrected chi connectivity index (χ2v) is 12.1. The SMILES string of the molecule is C1=CC2c3cc(-c4ccc5c(c4)c4ccccc4n5-c4cccc5oc6ccccc6c45)ccc3N(c3ccccc3)C2C=C1. The molecule has 0 saturated carbocycles. The summed E-state index contributed by atoms with van der Waals surface area (Å²) in [6.45, 7) is 0. The Morgan fingerprint density at radius 2 is 1.24 bits per heavy atom. The van der Waals surface area contributed by atoms with E-state index >= 15 is 0 Å². The van der Waals surface area contributed by atoms with Gasteiger partial charge >= 0.3 is 0 Å². The first kappa shape index (κ1) is 24.6. The van der Waals surface area contributed by atoms with Crippen LogP contribution in [0.4, 0.5) is 11.4 Å². The number of rotatable bonds is 3. The number of fused-ring (bicyclic) bond motifs is 9. The summed E-state index contributed by atoms with van der Waals surface area (Å²) in [6, 6.07) is 48.5. The summed E-state index contributed by atoms with van der Waals surface area (Å²) < 4.78 is 8.68. The topological polar surface area (TPSA) is 21.3 Å². The molecule has 0 N–H and O–H groups in total. The van der Waals surface area contributed by atoms with Crippen LogP contribution >= 0.6 is 0 Å². The molecule has 1 aliphatic heterocycles. The summed E-state index contributed by atoms with van der Waals surface area (Å²) in [7, 11) is 0. The smallest absolute Gasteiger partial charge is 0.137 e. The molecule has 0 amide bonds. The van der Waals surface area contributed by atoms with Gasteiger partial charge in [0.15, 0.2) is 0 Å². The average Bonchev–Trinajstić information content (AvgIpc) is 3.76. The van der Waals surface area contributed by atoms with Crippen LogP contribution in [0.25, 0.3) is 60.6 Å². The van der Waals surface area contributed by atoms with Crippen molar-refractivity contribution >= 4 is 55.1 Å². The van der Waals surface area contributed by atoms with Crippen LogP contribution in [-0.2, 0) is 0 Å². The highest BCUT2D eigenvalue weighted by molar-refractivity contribution is 6.14. The Labute approximate surface area is 260 Å². The largest absolute Gasteiger partial charge is 0.456 e. The summed E-state index contributed by atoms with van der Waals surface area (Å²) in [5.41, 5.74) is 11.7. The minimum Gasteiger partial charge on any atom is -0.456 e. The number of nitrogens with zero attached hydrogens (tertiary/aromatic N) is 2. The Morgan fingerprint density at radius 1 is 0.511 bits per heavy atom. The molecule has 0 radical (unpaired) electrons. The molecule has 2 aromatic heterocycles. The predicted octanol–water partition coefficient (Wildman–Crippen LogP) is 11.1. The molecule has 3 heteroatoms. The van der Waals surface area contributed by atoms with Crippen LogP contribution in [0.15, 0.2) is 162 Å². The molecule has 8 aromatic rings. The van der Waals surface area contributed by atoms with Gasteiger partial charge in [-0.05, 0) is 77.4 Å². The minimum atomic E-state index is 0.282. The van der Waals surface area contributed by atoms with Gasteiger partial charge in [0.2, 0.25) is 0 Å². The van der Waals surface area contributed by atoms with E-state index in [1.165, 1.54) is 49.9 Å². The van der Waals surface area contributed by atoms with Crippen LogP contribution in [-0.4, -0.2) is 10.6 Å². The van der Waals surface area contributed by atoms with Crippen molar-refractivity contribution in [1.29, 1.82) is 0 Å². The van der Waals surface area contributed by atoms with Crippen LogP contribution < -0.4 is 4.90 Å². The highest BCUT2D eigenvalue weighted by atomic mass is 16.3. The van der Waals surface area contributed by atoms with Crippen molar-refractivity contribution in [2.24, 2.45) is 0 Å². The average molecular weight is 577 g/mol. The summed E-state index contributed by atoms with van der Waals surface area (Å²) in [4.78, 5) is 2.49. The van der Waals surface area contributed by atoms with E-state index in [1.54, 1.807) is 0 Å². The second kappa shape index (κ2) is 9.35. The fourth-order valence-electron chi connectivity index (χ4n) is 7.76. The zero-order chi connectivity index (χ0) is 29.5. The maximum absolute atomic E-state index is 6.28. The van der Waals surface area contributed by atoms with Gasteiger partial charge in [-0.15, -0.1) is 0 Å². The lowest BCUT2D eigenvalue weighted by Gasteiger charge is -2.28. The van der Waals surface area contributed by atoms with Crippen molar-refractivity contribution in [2.45, 2.75) is 12.0 Å². The van der Waals surface area contributed by atoms with Gasteiger partial charge in [0.25, 0.3) is 0 Å². The highest BCUT2D eigenvalue weighted by Crippen LogP contribution is 2.49. The molecule has 2 atom stereocenters. The van der Waals surface area contributed by atoms with E-state index in [0.717, 1.165) is 27.6 Å². The van der Waals surface area contributed by atoms with Crippen molar-refractivity contribution < 1.29 is 4.42 Å². The van der Waals surface area contributed by atoms with E-state index < -0.39 is 0 Å². The lowest BCUT2D eigenvalue weighted by atomic mass is 9.89. The summed E-state index contributed by atoms with van der Waals surface area (Å²) in [5.74, 6) is 0.320. The van der Waals surface area contributed by atoms with Crippen LogP contribution in [0, 0.1) is 0 Å². The quantitative estimate of drug-likeness (QED) is 0.209. The number of allylic oxidation sites excluding steroid dienone is 2. The van der Waals surface area contributed by atoms with Crippen molar-refractivity contribution in [1.82, 2.24) is 4.57 Å². The van der Waals surface area contributed by atoms with Crippen LogP contribution in [0.3, 0.4) is 0 Å². The lowest BCUT2D eigenvalue weighted by Crippen LogP contribution is -2.28. The number of hydrogen-bond donors (Lipinski definition) is 0. The number of aromatic nitrogens is 1. The summed E-state index contributed by atoms with van der Waals surface area (Å²) in [6.07, 6.45) is 9.06. The number of anilines is 2. The first-order valence-electron chi connectivity index (χ1n) is 15.6. The monoisotopic (exact) mass is 576 g/mol. The molecule has 0 fully saturated rings. The third kappa shape index (κ3) is 3.52. The molecule has 2 unspecified atom stereocenters. The number of furan rings is 1. The minimum absolute atomic E-state index is 0.282. The molecule has 0 saturated heterocycles. The van der Waals surface area contributed by atoms with Gasteiger partial charge in [-0.3, -0.25) is 0 Å². The van der Waals surface area contributed by atoms with Gasteiger partial charge in [-0.25, -0.2) is 0 Å². The maximum atomic E-state index is 6.28. The molecule has 3 heterocycles. The zero-order valence-corrected chi connectivity index (χ0v) is 24.5. The van der Waals surface area contributed by atoms with E-state index in [9.17, 15) is 0 Å². The molecule has 3 nitrogen and oxygen atoms in total. The number of hydrogen-bond acceptors (Lipinski definition) is 2. The Balaban J connectivity index is 1.16. The van der Waals surface area contributed by atoms with E-state index in [2.05, 4.69) is 161 Å². The van der Waals surface area contributed by atoms with Crippen molar-refractivity contribution in [3.63, 3.8) is 0 Å². The summed E-state index contributed by atoms with van der Waals surface area (Å²) in [5, 5.41) is 4.78. The van der Waals surface area contributed by atoms with Gasteiger partial charge < -0.3 is 13.9 Å². The normalized spacial score (nSPS) is 17.1. The van der Waals surface area contributed by atoms with Crippen molar-refractivity contribution in [3.05, 3.63) is 163 Å². The van der Waals surface area contributed by atoms with Crippen LogP contribution in [0.2, 0.25) is 0 Å². The first-order valence-corrected chi connectivity index (χ1v) is 15.6. The first-order chi connectivity index (χ1) is 22.3. The van der Waals surface area contributed by atoms with Crippen molar-refractivity contribution in [3.8, 4) is 16.8 Å². The third-order valence-corrected chi connectivity index (χ3v) is 9.71. The molecule has 6 aromatic carbocycles. The Kier molecular flexibility index (Phi) is 5.11. The Hall–Kier alpha value is -5.80.